The van der Waals surface area contributed by atoms with Gasteiger partial charge in [0.2, 0.25) is 0 Å². The van der Waals surface area contributed by atoms with E-state index in [9.17, 15) is 4.79 Å². The zero-order valence-corrected chi connectivity index (χ0v) is 12.9. The van der Waals surface area contributed by atoms with Crippen LogP contribution in [-0.2, 0) is 12.8 Å². The summed E-state index contributed by atoms with van der Waals surface area (Å²) >= 11 is 3.60. The minimum Gasteiger partial charge on any atom is -0.341 e. The van der Waals surface area contributed by atoms with Crippen molar-refractivity contribution in [1.82, 2.24) is 4.90 Å². The maximum Gasteiger partial charge on any atom is 0.253 e. The van der Waals surface area contributed by atoms with E-state index in [2.05, 4.69) is 28.1 Å². The predicted molar refractivity (Wildman–Crippen MR) is 80.9 cm³/mol. The largest absolute Gasteiger partial charge is 0.341 e. The molecule has 2 aliphatic rings. The second kappa shape index (κ2) is 5.28. The fourth-order valence-electron chi connectivity index (χ4n) is 3.20. The number of fused-ring (bicyclic) bond motifs is 1. The molecule has 2 aliphatic carbocycles. The second-order valence-corrected chi connectivity index (χ2v) is 7.25. The molecule has 2 nitrogen and oxygen atoms in total. The summed E-state index contributed by atoms with van der Waals surface area (Å²) in [5.74, 6) is 0.848. The average molecular weight is 322 g/mol. The number of nitrogens with zero attached hydrogens (tertiary/aromatic N) is 1. The highest BCUT2D eigenvalue weighted by Crippen LogP contribution is 2.33. The number of hydrogen-bond donors (Lipinski definition) is 0. The molecule has 0 unspecified atom stereocenters. The van der Waals surface area contributed by atoms with Crippen LogP contribution in [0.25, 0.3) is 0 Å². The number of alkyl halides is 1. The minimum absolute atomic E-state index is 0.174. The third kappa shape index (κ3) is 2.71. The lowest BCUT2D eigenvalue weighted by atomic mass is 9.85. The molecule has 0 bridgehead atoms. The summed E-state index contributed by atoms with van der Waals surface area (Å²) in [4.78, 5) is 15.0. The summed E-state index contributed by atoms with van der Waals surface area (Å²) in [7, 11) is 1.93. The molecular weight excluding hydrogens is 302 g/mol. The van der Waals surface area contributed by atoms with Gasteiger partial charge in [0.1, 0.15) is 0 Å². The van der Waals surface area contributed by atoms with Crippen molar-refractivity contribution >= 4 is 21.8 Å². The number of carbonyl (C=O) groups excluding carboxylic acids is 1. The number of hydrogen-bond acceptors (Lipinski definition) is 1. The molecule has 3 rings (SSSR count). The number of aryl methyl sites for hydroxylation is 2. The second-order valence-electron chi connectivity index (χ2n) is 5.96. The Hall–Kier alpha value is -0.830. The van der Waals surface area contributed by atoms with E-state index in [0.717, 1.165) is 18.5 Å². The van der Waals surface area contributed by atoms with Crippen LogP contribution in [0.15, 0.2) is 18.2 Å². The van der Waals surface area contributed by atoms with E-state index < -0.39 is 0 Å². The Morgan fingerprint density at radius 1 is 1.32 bits per heavy atom. The molecule has 0 saturated heterocycles. The van der Waals surface area contributed by atoms with Gasteiger partial charge >= 0.3 is 0 Å². The first-order valence-electron chi connectivity index (χ1n) is 7.15. The lowest BCUT2D eigenvalue weighted by Gasteiger charge is -2.34. The molecule has 0 atom stereocenters. The van der Waals surface area contributed by atoms with E-state index in [1.54, 1.807) is 0 Å². The van der Waals surface area contributed by atoms with Gasteiger partial charge in [0.05, 0.1) is 0 Å². The molecule has 19 heavy (non-hydrogen) atoms. The van der Waals surface area contributed by atoms with Gasteiger partial charge in [-0.15, -0.1) is 0 Å². The summed E-state index contributed by atoms with van der Waals surface area (Å²) in [5, 5.41) is 0. The van der Waals surface area contributed by atoms with Crippen molar-refractivity contribution in [3.8, 4) is 0 Å². The summed E-state index contributed by atoms with van der Waals surface area (Å²) in [5.41, 5.74) is 3.67. The van der Waals surface area contributed by atoms with Crippen LogP contribution in [0.2, 0.25) is 0 Å². The fraction of sp³-hybridized carbons (Fsp3) is 0.562. The number of benzene rings is 1. The predicted octanol–water partition coefficient (Wildman–Crippen LogP) is 3.42. The number of rotatable bonds is 3. The van der Waals surface area contributed by atoms with Gasteiger partial charge in [-0.1, -0.05) is 22.0 Å². The Balaban J connectivity index is 1.66. The smallest absolute Gasteiger partial charge is 0.253 e. The molecule has 0 aliphatic heterocycles. The maximum absolute atomic E-state index is 12.4. The summed E-state index contributed by atoms with van der Waals surface area (Å²) in [6.07, 6.45) is 5.93. The first-order valence-corrected chi connectivity index (χ1v) is 8.06. The third-order valence-electron chi connectivity index (χ3n) is 4.40. The normalized spacial score (nSPS) is 24.7. The summed E-state index contributed by atoms with van der Waals surface area (Å²) in [6, 6.07) is 6.24. The van der Waals surface area contributed by atoms with Crippen LogP contribution in [-0.4, -0.2) is 29.2 Å². The summed E-state index contributed by atoms with van der Waals surface area (Å²) in [6.45, 7) is 0.887. The van der Waals surface area contributed by atoms with Gasteiger partial charge in [0, 0.05) is 24.0 Å². The number of halogens is 1. The van der Waals surface area contributed by atoms with E-state index in [1.165, 1.54) is 36.8 Å². The van der Waals surface area contributed by atoms with Crippen molar-refractivity contribution in [2.45, 2.75) is 36.9 Å². The molecule has 1 saturated carbocycles. The van der Waals surface area contributed by atoms with Crippen molar-refractivity contribution in [2.75, 3.05) is 13.6 Å². The first-order chi connectivity index (χ1) is 9.13. The Kier molecular flexibility index (Phi) is 3.66. The van der Waals surface area contributed by atoms with Gasteiger partial charge in [-0.25, -0.2) is 0 Å². The number of amides is 1. The van der Waals surface area contributed by atoms with E-state index in [0.29, 0.717) is 10.7 Å². The topological polar surface area (TPSA) is 20.3 Å². The maximum atomic E-state index is 12.4. The van der Waals surface area contributed by atoms with Gasteiger partial charge in [-0.3, -0.25) is 4.79 Å². The molecule has 1 aromatic carbocycles. The molecule has 0 spiro atoms. The first kappa shape index (κ1) is 13.2. The van der Waals surface area contributed by atoms with Crippen LogP contribution in [0.4, 0.5) is 0 Å². The SMILES string of the molecule is CN(CC1CC(Br)C1)C(=O)c1ccc2c(c1)CCC2. The Labute approximate surface area is 123 Å². The molecule has 0 N–H and O–H groups in total. The standard InChI is InChI=1S/C16H20BrNO/c1-18(10-11-7-15(17)8-11)16(19)14-6-5-12-3-2-4-13(12)9-14/h5-6,9,11,15H,2-4,7-8,10H2,1H3. The van der Waals surface area contributed by atoms with Crippen molar-refractivity contribution in [3.05, 3.63) is 34.9 Å². The molecular formula is C16H20BrNO. The lowest BCUT2D eigenvalue weighted by Crippen LogP contribution is -2.37. The third-order valence-corrected chi connectivity index (χ3v) is 5.15. The Bertz CT molecular complexity index is 494. The van der Waals surface area contributed by atoms with E-state index in [-0.39, 0.29) is 5.91 Å². The number of carbonyl (C=O) groups is 1. The van der Waals surface area contributed by atoms with Crippen LogP contribution in [0.5, 0.6) is 0 Å². The van der Waals surface area contributed by atoms with Gasteiger partial charge in [-0.2, -0.15) is 0 Å². The monoisotopic (exact) mass is 321 g/mol. The zero-order valence-electron chi connectivity index (χ0n) is 11.4. The molecule has 3 heteroatoms. The fourth-order valence-corrected chi connectivity index (χ4v) is 4.26. The minimum atomic E-state index is 0.174. The highest BCUT2D eigenvalue weighted by molar-refractivity contribution is 9.09. The molecule has 1 fully saturated rings. The average Bonchev–Trinajstić information content (AvgIpc) is 2.83. The van der Waals surface area contributed by atoms with E-state index in [4.69, 9.17) is 0 Å². The highest BCUT2D eigenvalue weighted by Gasteiger charge is 2.29. The Morgan fingerprint density at radius 2 is 2.05 bits per heavy atom. The molecule has 1 aromatic rings. The molecule has 0 heterocycles. The van der Waals surface area contributed by atoms with Crippen molar-refractivity contribution in [3.63, 3.8) is 0 Å². The van der Waals surface area contributed by atoms with Gasteiger partial charge < -0.3 is 4.90 Å². The van der Waals surface area contributed by atoms with Crippen LogP contribution >= 0.6 is 15.9 Å². The molecule has 0 aromatic heterocycles. The van der Waals surface area contributed by atoms with Crippen molar-refractivity contribution in [1.29, 1.82) is 0 Å². The van der Waals surface area contributed by atoms with E-state index in [1.807, 2.05) is 18.0 Å². The van der Waals surface area contributed by atoms with Gasteiger partial charge in [0.15, 0.2) is 0 Å². The van der Waals surface area contributed by atoms with Gasteiger partial charge in [-0.05, 0) is 61.3 Å². The lowest BCUT2D eigenvalue weighted by molar-refractivity contribution is 0.0748. The quantitative estimate of drug-likeness (QED) is 0.781. The van der Waals surface area contributed by atoms with Gasteiger partial charge in [0.25, 0.3) is 5.91 Å². The summed E-state index contributed by atoms with van der Waals surface area (Å²) < 4.78 is 0. The Morgan fingerprint density at radius 3 is 2.79 bits per heavy atom. The van der Waals surface area contributed by atoms with Crippen LogP contribution in [0.3, 0.4) is 0 Å². The van der Waals surface area contributed by atoms with E-state index >= 15 is 0 Å². The zero-order chi connectivity index (χ0) is 13.4. The van der Waals surface area contributed by atoms with Crippen LogP contribution < -0.4 is 0 Å². The van der Waals surface area contributed by atoms with Crippen LogP contribution in [0.1, 0.15) is 40.7 Å². The highest BCUT2D eigenvalue weighted by atomic mass is 79.9. The molecule has 102 valence electrons. The molecule has 1 amide bonds. The molecule has 0 radical (unpaired) electrons. The van der Waals surface area contributed by atoms with Crippen molar-refractivity contribution < 1.29 is 4.79 Å². The van der Waals surface area contributed by atoms with Crippen LogP contribution in [0, 0.1) is 5.92 Å². The van der Waals surface area contributed by atoms with Crippen molar-refractivity contribution in [2.24, 2.45) is 5.92 Å².